The van der Waals surface area contributed by atoms with E-state index >= 15 is 0 Å². The van der Waals surface area contributed by atoms with Gasteiger partial charge in [-0.1, -0.05) is 36.4 Å². The van der Waals surface area contributed by atoms with Gasteiger partial charge in [-0.15, -0.1) is 0 Å². The summed E-state index contributed by atoms with van der Waals surface area (Å²) in [7, 11) is 1.74. The number of methoxy groups -OCH3 is 1. The number of hydrogen-bond acceptors (Lipinski definition) is 4. The molecule has 33 heavy (non-hydrogen) atoms. The molecule has 0 amide bonds. The molecule has 176 valence electrons. The zero-order valence-corrected chi connectivity index (χ0v) is 20.1. The van der Waals surface area contributed by atoms with Crippen molar-refractivity contribution in [2.45, 2.75) is 63.1 Å². The lowest BCUT2D eigenvalue weighted by atomic mass is 9.60. The summed E-state index contributed by atoms with van der Waals surface area (Å²) < 4.78 is 5.36. The van der Waals surface area contributed by atoms with E-state index in [2.05, 4.69) is 63.6 Å². The highest BCUT2D eigenvalue weighted by molar-refractivity contribution is 5.36. The van der Waals surface area contributed by atoms with Crippen LogP contribution < -0.4 is 10.1 Å². The van der Waals surface area contributed by atoms with Gasteiger partial charge in [0.25, 0.3) is 0 Å². The highest BCUT2D eigenvalue weighted by Crippen LogP contribution is 2.52. The molecule has 0 radical (unpaired) electrons. The Morgan fingerprint density at radius 3 is 2.36 bits per heavy atom. The van der Waals surface area contributed by atoms with E-state index in [1.54, 1.807) is 18.2 Å². The third-order valence-corrected chi connectivity index (χ3v) is 8.91. The van der Waals surface area contributed by atoms with Gasteiger partial charge >= 0.3 is 0 Å². The Balaban J connectivity index is 1.22. The fourth-order valence-corrected chi connectivity index (χ4v) is 6.82. The van der Waals surface area contributed by atoms with Crippen molar-refractivity contribution >= 4 is 0 Å². The summed E-state index contributed by atoms with van der Waals surface area (Å²) in [6.45, 7) is 6.96. The Kier molecular flexibility index (Phi) is 5.94. The normalized spacial score (nSPS) is 26.3. The van der Waals surface area contributed by atoms with Gasteiger partial charge < -0.3 is 10.1 Å². The predicted octanol–water partition coefficient (Wildman–Crippen LogP) is 4.96. The predicted molar refractivity (Wildman–Crippen MR) is 134 cm³/mol. The van der Waals surface area contributed by atoms with Crippen molar-refractivity contribution in [1.82, 2.24) is 15.1 Å². The van der Waals surface area contributed by atoms with Crippen molar-refractivity contribution in [2.75, 3.05) is 39.8 Å². The Bertz CT molecular complexity index is 940. The van der Waals surface area contributed by atoms with Gasteiger partial charge in [-0.05, 0) is 91.8 Å². The van der Waals surface area contributed by atoms with Gasteiger partial charge in [-0.25, -0.2) is 0 Å². The van der Waals surface area contributed by atoms with Crippen LogP contribution in [0.2, 0.25) is 0 Å². The summed E-state index contributed by atoms with van der Waals surface area (Å²) in [5.41, 5.74) is 5.27. The lowest BCUT2D eigenvalue weighted by molar-refractivity contribution is -0.0650. The zero-order chi connectivity index (χ0) is 22.3. The van der Waals surface area contributed by atoms with Crippen LogP contribution in [0.25, 0.3) is 0 Å². The van der Waals surface area contributed by atoms with Gasteiger partial charge in [0.1, 0.15) is 5.75 Å². The van der Waals surface area contributed by atoms with Gasteiger partial charge in [0.2, 0.25) is 0 Å². The van der Waals surface area contributed by atoms with Crippen LogP contribution in [0.5, 0.6) is 5.75 Å². The number of piperidine rings is 1. The van der Waals surface area contributed by atoms with Gasteiger partial charge in [-0.2, -0.15) is 0 Å². The first-order valence-electron chi connectivity index (χ1n) is 13.1. The molecule has 1 unspecified atom stereocenters. The van der Waals surface area contributed by atoms with Crippen LogP contribution in [0, 0.1) is 5.41 Å². The van der Waals surface area contributed by atoms with Gasteiger partial charge in [-0.3, -0.25) is 9.80 Å². The molecule has 4 aliphatic rings. The number of nitrogens with one attached hydrogen (secondary N) is 1. The Morgan fingerprint density at radius 1 is 0.939 bits per heavy atom. The first-order valence-corrected chi connectivity index (χ1v) is 13.1. The highest BCUT2D eigenvalue weighted by Gasteiger charge is 2.49. The first-order chi connectivity index (χ1) is 16.2. The van der Waals surface area contributed by atoms with E-state index < -0.39 is 0 Å². The monoisotopic (exact) mass is 445 g/mol. The molecule has 2 aromatic rings. The standard InChI is InChI=1S/C29H39N3O/c1-33-25-10-6-22(7-11-25)20-31-16-17-32(24-18-29(19-24)12-14-30-15-13-29)28(21-31)27-5-3-2-4-26(27)23-8-9-23/h2-7,10-11,23-24,28,30H,8-9,12-21H2,1H3. The van der Waals surface area contributed by atoms with E-state index in [1.165, 1.54) is 70.3 Å². The summed E-state index contributed by atoms with van der Waals surface area (Å²) in [6, 6.07) is 19.3. The minimum atomic E-state index is 0.526. The SMILES string of the molecule is COc1ccc(CN2CCN(C3CC4(CCNCC4)C3)C(c3ccccc3C3CC3)C2)cc1. The molecule has 1 atom stereocenters. The molecule has 6 rings (SSSR count). The lowest BCUT2D eigenvalue weighted by Gasteiger charge is -2.57. The summed E-state index contributed by atoms with van der Waals surface area (Å²) in [6.07, 6.45) is 8.33. The smallest absolute Gasteiger partial charge is 0.118 e. The number of benzene rings is 2. The molecule has 4 heteroatoms. The van der Waals surface area contributed by atoms with Crippen molar-refractivity contribution in [3.8, 4) is 5.75 Å². The maximum absolute atomic E-state index is 5.36. The Hall–Kier alpha value is -1.88. The van der Waals surface area contributed by atoms with E-state index in [-0.39, 0.29) is 0 Å². The number of ether oxygens (including phenoxy) is 1. The molecule has 0 aromatic heterocycles. The highest BCUT2D eigenvalue weighted by atomic mass is 16.5. The zero-order valence-electron chi connectivity index (χ0n) is 20.1. The van der Waals surface area contributed by atoms with E-state index in [0.717, 1.165) is 30.8 Å². The Labute approximate surface area is 199 Å². The molecule has 4 nitrogen and oxygen atoms in total. The average Bonchev–Trinajstić information content (AvgIpc) is 3.69. The maximum Gasteiger partial charge on any atom is 0.118 e. The van der Waals surface area contributed by atoms with E-state index in [1.807, 2.05) is 0 Å². The number of rotatable bonds is 6. The summed E-state index contributed by atoms with van der Waals surface area (Å²) in [5, 5.41) is 3.57. The second-order valence-electron chi connectivity index (χ2n) is 11.1. The van der Waals surface area contributed by atoms with Crippen molar-refractivity contribution in [3.05, 3.63) is 65.2 Å². The fourth-order valence-electron chi connectivity index (χ4n) is 6.82. The van der Waals surface area contributed by atoms with Crippen LogP contribution in [0.15, 0.2) is 48.5 Å². The van der Waals surface area contributed by atoms with E-state index in [0.29, 0.717) is 11.5 Å². The van der Waals surface area contributed by atoms with Crippen LogP contribution in [0.4, 0.5) is 0 Å². The maximum atomic E-state index is 5.36. The molecule has 2 aliphatic carbocycles. The number of piperazine rings is 1. The quantitative estimate of drug-likeness (QED) is 0.680. The van der Waals surface area contributed by atoms with Gasteiger partial charge in [0, 0.05) is 38.3 Å². The van der Waals surface area contributed by atoms with E-state index in [4.69, 9.17) is 4.74 Å². The third-order valence-electron chi connectivity index (χ3n) is 8.91. The van der Waals surface area contributed by atoms with Crippen molar-refractivity contribution in [2.24, 2.45) is 5.41 Å². The van der Waals surface area contributed by atoms with Crippen LogP contribution in [-0.2, 0) is 6.54 Å². The number of hydrogen-bond donors (Lipinski definition) is 1. The molecular formula is C29H39N3O. The molecule has 2 aromatic carbocycles. The molecule has 2 aliphatic heterocycles. The second-order valence-corrected chi connectivity index (χ2v) is 11.1. The molecular weight excluding hydrogens is 406 g/mol. The second kappa shape index (κ2) is 9.05. The van der Waals surface area contributed by atoms with E-state index in [9.17, 15) is 0 Å². The van der Waals surface area contributed by atoms with Crippen molar-refractivity contribution < 1.29 is 4.74 Å². The van der Waals surface area contributed by atoms with Gasteiger partial charge in [0.15, 0.2) is 0 Å². The third kappa shape index (κ3) is 4.45. The molecule has 2 heterocycles. The minimum Gasteiger partial charge on any atom is -0.497 e. The summed E-state index contributed by atoms with van der Waals surface area (Å²) >= 11 is 0. The average molecular weight is 446 g/mol. The molecule has 1 N–H and O–H groups in total. The lowest BCUT2D eigenvalue weighted by Crippen LogP contribution is -2.59. The van der Waals surface area contributed by atoms with Crippen LogP contribution >= 0.6 is 0 Å². The van der Waals surface area contributed by atoms with Gasteiger partial charge in [0.05, 0.1) is 7.11 Å². The molecule has 2 saturated carbocycles. The first kappa shape index (κ1) is 21.6. The van der Waals surface area contributed by atoms with Crippen molar-refractivity contribution in [3.63, 3.8) is 0 Å². The molecule has 2 saturated heterocycles. The Morgan fingerprint density at radius 2 is 1.67 bits per heavy atom. The van der Waals surface area contributed by atoms with Crippen molar-refractivity contribution in [1.29, 1.82) is 0 Å². The fraction of sp³-hybridized carbons (Fsp3) is 0.586. The molecule has 1 spiro atoms. The summed E-state index contributed by atoms with van der Waals surface area (Å²) in [4.78, 5) is 5.60. The number of nitrogens with zero attached hydrogens (tertiary/aromatic N) is 2. The van der Waals surface area contributed by atoms with Crippen LogP contribution in [0.1, 0.15) is 67.2 Å². The van der Waals surface area contributed by atoms with Crippen LogP contribution in [0.3, 0.4) is 0 Å². The topological polar surface area (TPSA) is 27.7 Å². The largest absolute Gasteiger partial charge is 0.497 e. The minimum absolute atomic E-state index is 0.526. The molecule has 4 fully saturated rings. The van der Waals surface area contributed by atoms with Crippen LogP contribution in [-0.4, -0.2) is 55.7 Å². The molecule has 0 bridgehead atoms. The summed E-state index contributed by atoms with van der Waals surface area (Å²) in [5.74, 6) is 1.74.